The van der Waals surface area contributed by atoms with E-state index in [1.165, 1.54) is 30.5 Å². The van der Waals surface area contributed by atoms with Crippen molar-refractivity contribution in [3.05, 3.63) is 64.2 Å². The first-order valence-electron chi connectivity index (χ1n) is 8.64. The van der Waals surface area contributed by atoms with Crippen molar-refractivity contribution in [2.45, 2.75) is 37.5 Å². The van der Waals surface area contributed by atoms with Crippen LogP contribution in [0.1, 0.15) is 22.3 Å². The molecule has 1 heterocycles. The third kappa shape index (κ3) is 4.44. The summed E-state index contributed by atoms with van der Waals surface area (Å²) in [4.78, 5) is 4.15. The Kier molecular flexibility index (Phi) is 5.70. The van der Waals surface area contributed by atoms with E-state index >= 15 is 0 Å². The molecule has 0 aliphatic heterocycles. The number of benzene rings is 2. The fourth-order valence-corrected chi connectivity index (χ4v) is 6.41. The number of rotatable bonds is 6. The summed E-state index contributed by atoms with van der Waals surface area (Å²) in [6.07, 6.45) is 1.50. The number of aryl methyl sites for hydroxylation is 2. The van der Waals surface area contributed by atoms with E-state index in [2.05, 4.69) is 14.4 Å². The van der Waals surface area contributed by atoms with Crippen LogP contribution < -0.4 is 9.44 Å². The van der Waals surface area contributed by atoms with Gasteiger partial charge in [-0.3, -0.25) is 9.44 Å². The number of thiazole rings is 1. The second kappa shape index (κ2) is 7.77. The van der Waals surface area contributed by atoms with Crippen molar-refractivity contribution < 1.29 is 16.8 Å². The van der Waals surface area contributed by atoms with E-state index in [9.17, 15) is 16.8 Å². The van der Waals surface area contributed by atoms with Crippen LogP contribution in [0.25, 0.3) is 0 Å². The van der Waals surface area contributed by atoms with E-state index in [1.807, 2.05) is 19.9 Å². The van der Waals surface area contributed by atoms with Gasteiger partial charge in [0.1, 0.15) is 0 Å². The van der Waals surface area contributed by atoms with Crippen molar-refractivity contribution in [1.29, 1.82) is 0 Å². The lowest BCUT2D eigenvalue weighted by Gasteiger charge is -2.17. The van der Waals surface area contributed by atoms with Gasteiger partial charge in [0.2, 0.25) is 0 Å². The first-order chi connectivity index (χ1) is 13.5. The predicted molar refractivity (Wildman–Crippen MR) is 116 cm³/mol. The van der Waals surface area contributed by atoms with Crippen LogP contribution in [0.4, 0.5) is 10.8 Å². The first-order valence-corrected chi connectivity index (χ1v) is 12.5. The molecule has 0 radical (unpaired) electrons. The summed E-state index contributed by atoms with van der Waals surface area (Å²) in [5, 5.41) is 1.92. The summed E-state index contributed by atoms with van der Waals surface area (Å²) in [7, 11) is -7.63. The van der Waals surface area contributed by atoms with E-state index in [4.69, 9.17) is 0 Å². The molecule has 3 rings (SSSR count). The van der Waals surface area contributed by atoms with Gasteiger partial charge in [-0.25, -0.2) is 21.8 Å². The highest BCUT2D eigenvalue weighted by atomic mass is 32.2. The second-order valence-electron chi connectivity index (χ2n) is 6.66. The number of nitrogens with one attached hydrogen (secondary N) is 2. The molecule has 0 saturated carbocycles. The molecule has 2 aromatic carbocycles. The zero-order valence-corrected chi connectivity index (χ0v) is 18.8. The molecule has 7 nitrogen and oxygen atoms in total. The van der Waals surface area contributed by atoms with Crippen LogP contribution in [-0.4, -0.2) is 21.8 Å². The SMILES string of the molecule is Cc1cc(C)c(C)c(S(=O)(=O)Nc2ccc(S(=O)(=O)Nc3nccs3)cc2)c1C. The molecule has 10 heteroatoms. The molecule has 0 atom stereocenters. The normalized spacial score (nSPS) is 12.0. The monoisotopic (exact) mass is 451 g/mol. The van der Waals surface area contributed by atoms with Gasteiger partial charge < -0.3 is 0 Å². The van der Waals surface area contributed by atoms with Crippen molar-refractivity contribution in [3.8, 4) is 0 Å². The van der Waals surface area contributed by atoms with Crippen molar-refractivity contribution >= 4 is 42.2 Å². The minimum absolute atomic E-state index is 0.00871. The van der Waals surface area contributed by atoms with Gasteiger partial charge in [0.25, 0.3) is 20.0 Å². The van der Waals surface area contributed by atoms with Gasteiger partial charge in [-0.15, -0.1) is 11.3 Å². The average molecular weight is 452 g/mol. The fraction of sp³-hybridized carbons (Fsp3) is 0.211. The number of nitrogens with zero attached hydrogens (tertiary/aromatic N) is 1. The summed E-state index contributed by atoms with van der Waals surface area (Å²) in [5.41, 5.74) is 3.43. The van der Waals surface area contributed by atoms with Gasteiger partial charge in [-0.2, -0.15) is 0 Å². The first kappa shape index (κ1) is 21.3. The van der Waals surface area contributed by atoms with Crippen molar-refractivity contribution in [2.24, 2.45) is 0 Å². The molecule has 29 heavy (non-hydrogen) atoms. The van der Waals surface area contributed by atoms with Gasteiger partial charge in [-0.1, -0.05) is 6.07 Å². The molecular weight excluding hydrogens is 430 g/mol. The summed E-state index contributed by atoms with van der Waals surface area (Å²) >= 11 is 1.16. The largest absolute Gasteiger partial charge is 0.280 e. The van der Waals surface area contributed by atoms with E-state index in [1.54, 1.807) is 19.2 Å². The Bertz CT molecular complexity index is 1220. The van der Waals surface area contributed by atoms with Gasteiger partial charge in [-0.05, 0) is 74.2 Å². The van der Waals surface area contributed by atoms with Crippen LogP contribution >= 0.6 is 11.3 Å². The third-order valence-corrected chi connectivity index (χ3v) is 8.46. The number of sulfonamides is 2. The Balaban J connectivity index is 1.88. The smallest absolute Gasteiger partial charge is 0.263 e. The second-order valence-corrected chi connectivity index (χ2v) is 10.9. The molecule has 0 saturated heterocycles. The lowest BCUT2D eigenvalue weighted by Crippen LogP contribution is -2.17. The van der Waals surface area contributed by atoms with Crippen molar-refractivity contribution in [2.75, 3.05) is 9.44 Å². The summed E-state index contributed by atoms with van der Waals surface area (Å²) in [6.45, 7) is 7.29. The van der Waals surface area contributed by atoms with E-state index in [0.29, 0.717) is 11.1 Å². The summed E-state index contributed by atoms with van der Waals surface area (Å²) in [6, 6.07) is 7.48. The Morgan fingerprint density at radius 1 is 0.828 bits per heavy atom. The molecule has 2 N–H and O–H groups in total. The lowest BCUT2D eigenvalue weighted by molar-refractivity contribution is 0.599. The Morgan fingerprint density at radius 3 is 1.93 bits per heavy atom. The van der Waals surface area contributed by atoms with Crippen LogP contribution in [0.5, 0.6) is 0 Å². The van der Waals surface area contributed by atoms with E-state index in [0.717, 1.165) is 22.5 Å². The zero-order valence-electron chi connectivity index (χ0n) is 16.3. The highest BCUT2D eigenvalue weighted by molar-refractivity contribution is 7.93. The van der Waals surface area contributed by atoms with Gasteiger partial charge >= 0.3 is 0 Å². The number of hydrogen-bond acceptors (Lipinski definition) is 6. The molecule has 1 aromatic heterocycles. The van der Waals surface area contributed by atoms with Gasteiger partial charge in [0.15, 0.2) is 5.13 Å². The number of aromatic nitrogens is 1. The maximum Gasteiger partial charge on any atom is 0.263 e. The Morgan fingerprint density at radius 2 is 1.41 bits per heavy atom. The highest BCUT2D eigenvalue weighted by Gasteiger charge is 2.23. The molecule has 0 fully saturated rings. The van der Waals surface area contributed by atoms with Gasteiger partial charge in [0, 0.05) is 17.3 Å². The standard InChI is InChI=1S/C19H21N3O4S3/c1-12-11-13(2)15(4)18(14(12)3)29(25,26)21-16-5-7-17(8-6-16)28(23,24)22-19-20-9-10-27-19/h5-11,21H,1-4H3,(H,20,22). The third-order valence-electron chi connectivity index (χ3n) is 4.64. The van der Waals surface area contributed by atoms with Crippen LogP contribution in [-0.2, 0) is 20.0 Å². The maximum absolute atomic E-state index is 13.0. The molecular formula is C19H21N3O4S3. The summed E-state index contributed by atoms with van der Waals surface area (Å²) in [5.74, 6) is 0. The molecule has 0 unspecified atom stereocenters. The quantitative estimate of drug-likeness (QED) is 0.590. The molecule has 0 bridgehead atoms. The van der Waals surface area contributed by atoms with Crippen molar-refractivity contribution in [3.63, 3.8) is 0 Å². The van der Waals surface area contributed by atoms with Crippen LogP contribution in [0.3, 0.4) is 0 Å². The Hall–Kier alpha value is -2.43. The van der Waals surface area contributed by atoms with Crippen LogP contribution in [0.2, 0.25) is 0 Å². The molecule has 3 aromatic rings. The molecule has 0 amide bonds. The molecule has 154 valence electrons. The lowest BCUT2D eigenvalue weighted by atomic mass is 10.0. The fourth-order valence-electron chi connectivity index (χ4n) is 2.94. The van der Waals surface area contributed by atoms with Crippen molar-refractivity contribution in [1.82, 2.24) is 4.98 Å². The van der Waals surface area contributed by atoms with Gasteiger partial charge in [0.05, 0.1) is 9.79 Å². The Labute approximate surface area is 174 Å². The van der Waals surface area contributed by atoms with E-state index in [-0.39, 0.29) is 20.6 Å². The molecule has 0 aliphatic rings. The molecule has 0 spiro atoms. The highest BCUT2D eigenvalue weighted by Crippen LogP contribution is 2.28. The number of anilines is 2. The topological polar surface area (TPSA) is 105 Å². The van der Waals surface area contributed by atoms with E-state index < -0.39 is 20.0 Å². The maximum atomic E-state index is 13.0. The van der Waals surface area contributed by atoms with Crippen LogP contribution in [0, 0.1) is 27.7 Å². The minimum Gasteiger partial charge on any atom is -0.280 e. The van der Waals surface area contributed by atoms with Crippen LogP contribution in [0.15, 0.2) is 51.7 Å². The molecule has 0 aliphatic carbocycles. The predicted octanol–water partition coefficient (Wildman–Crippen LogP) is 3.98. The minimum atomic E-state index is -3.83. The average Bonchev–Trinajstić information content (AvgIpc) is 3.12. The number of hydrogen-bond donors (Lipinski definition) is 2. The summed E-state index contributed by atoms with van der Waals surface area (Å²) < 4.78 is 55.7. The zero-order chi connectivity index (χ0) is 21.4.